The average Bonchev–Trinajstić information content (AvgIpc) is 2.67. The number of hydrogen-bond donors (Lipinski definition) is 2. The SMILES string of the molecule is N#CC(C#N)=C(C#N)Nc1ccccc1NCCOc1ccccc1. The third-order valence-electron chi connectivity index (χ3n) is 3.20. The first-order valence-corrected chi connectivity index (χ1v) is 7.51. The summed E-state index contributed by atoms with van der Waals surface area (Å²) in [4.78, 5) is 0. The van der Waals surface area contributed by atoms with Crippen LogP contribution in [-0.4, -0.2) is 13.2 Å². The summed E-state index contributed by atoms with van der Waals surface area (Å²) in [7, 11) is 0. The monoisotopic (exact) mass is 329 g/mol. The lowest BCUT2D eigenvalue weighted by atomic mass is 10.2. The number of rotatable bonds is 7. The van der Waals surface area contributed by atoms with E-state index in [1.54, 1.807) is 24.3 Å². The Hall–Kier alpha value is -3.95. The normalized spacial score (nSPS) is 9.00. The Morgan fingerprint density at radius 1 is 0.840 bits per heavy atom. The van der Waals surface area contributed by atoms with Crippen LogP contribution in [0.4, 0.5) is 11.4 Å². The molecule has 6 nitrogen and oxygen atoms in total. The third-order valence-corrected chi connectivity index (χ3v) is 3.20. The molecule has 0 heterocycles. The van der Waals surface area contributed by atoms with Crippen LogP contribution in [0.15, 0.2) is 65.9 Å². The Balaban J connectivity index is 2.01. The maximum Gasteiger partial charge on any atom is 0.163 e. The van der Waals surface area contributed by atoms with E-state index < -0.39 is 0 Å². The number of allylic oxidation sites excluding steroid dienone is 2. The summed E-state index contributed by atoms with van der Waals surface area (Å²) < 4.78 is 5.61. The number of benzene rings is 2. The Labute approximate surface area is 146 Å². The van der Waals surface area contributed by atoms with Crippen molar-refractivity contribution in [2.75, 3.05) is 23.8 Å². The van der Waals surface area contributed by atoms with Gasteiger partial charge in [-0.2, -0.15) is 15.8 Å². The van der Waals surface area contributed by atoms with Gasteiger partial charge in [0.1, 0.15) is 36.3 Å². The van der Waals surface area contributed by atoms with E-state index in [4.69, 9.17) is 20.5 Å². The number of ether oxygens (including phenoxy) is 1. The first-order chi connectivity index (χ1) is 12.3. The molecule has 0 bridgehead atoms. The van der Waals surface area contributed by atoms with Crippen molar-refractivity contribution in [3.05, 3.63) is 65.9 Å². The van der Waals surface area contributed by atoms with Crippen LogP contribution >= 0.6 is 0 Å². The van der Waals surface area contributed by atoms with Gasteiger partial charge in [-0.3, -0.25) is 0 Å². The summed E-state index contributed by atoms with van der Waals surface area (Å²) in [6, 6.07) is 22.0. The van der Waals surface area contributed by atoms with Gasteiger partial charge in [-0.1, -0.05) is 30.3 Å². The molecule has 0 fully saturated rings. The largest absolute Gasteiger partial charge is 0.492 e. The molecule has 0 amide bonds. The van der Waals surface area contributed by atoms with E-state index >= 15 is 0 Å². The van der Waals surface area contributed by atoms with Crippen LogP contribution in [0.5, 0.6) is 5.75 Å². The Bertz CT molecular complexity index is 853. The molecule has 0 atom stereocenters. The lowest BCUT2D eigenvalue weighted by Crippen LogP contribution is -2.13. The molecule has 0 aliphatic heterocycles. The van der Waals surface area contributed by atoms with Crippen molar-refractivity contribution in [1.82, 2.24) is 0 Å². The fourth-order valence-corrected chi connectivity index (χ4v) is 2.04. The molecule has 0 aliphatic carbocycles. The molecule has 25 heavy (non-hydrogen) atoms. The number of nitrogens with one attached hydrogen (secondary N) is 2. The number of nitriles is 3. The fourth-order valence-electron chi connectivity index (χ4n) is 2.04. The highest BCUT2D eigenvalue weighted by molar-refractivity contribution is 5.72. The summed E-state index contributed by atoms with van der Waals surface area (Å²) in [5.74, 6) is 0.790. The number of para-hydroxylation sites is 3. The predicted molar refractivity (Wildman–Crippen MR) is 94.4 cm³/mol. The van der Waals surface area contributed by atoms with Gasteiger partial charge in [0.2, 0.25) is 0 Å². The molecule has 0 saturated carbocycles. The van der Waals surface area contributed by atoms with Crippen LogP contribution < -0.4 is 15.4 Å². The van der Waals surface area contributed by atoms with Gasteiger partial charge in [-0.25, -0.2) is 0 Å². The standard InChI is InChI=1S/C19H15N5O/c20-12-15(13-21)19(14-22)24-18-9-5-4-8-17(18)23-10-11-25-16-6-2-1-3-7-16/h1-9,23-24H,10-11H2. The Kier molecular flexibility index (Phi) is 6.44. The van der Waals surface area contributed by atoms with Crippen molar-refractivity contribution < 1.29 is 4.74 Å². The minimum Gasteiger partial charge on any atom is -0.492 e. The van der Waals surface area contributed by atoms with Gasteiger partial charge in [0.15, 0.2) is 5.57 Å². The molecule has 2 N–H and O–H groups in total. The van der Waals surface area contributed by atoms with Gasteiger partial charge in [0.25, 0.3) is 0 Å². The van der Waals surface area contributed by atoms with E-state index in [0.717, 1.165) is 11.4 Å². The van der Waals surface area contributed by atoms with E-state index in [1.807, 2.05) is 48.5 Å². The zero-order valence-corrected chi connectivity index (χ0v) is 13.4. The quantitative estimate of drug-likeness (QED) is 0.596. The molecule has 0 unspecified atom stereocenters. The maximum atomic E-state index is 9.14. The Morgan fingerprint density at radius 2 is 1.48 bits per heavy atom. The summed E-state index contributed by atoms with van der Waals surface area (Å²) in [5.41, 5.74) is 0.994. The van der Waals surface area contributed by atoms with E-state index in [2.05, 4.69) is 10.6 Å². The smallest absolute Gasteiger partial charge is 0.163 e. The minimum absolute atomic E-state index is 0.0835. The topological polar surface area (TPSA) is 105 Å². The molecule has 0 aromatic heterocycles. The first-order valence-electron chi connectivity index (χ1n) is 7.51. The number of nitrogens with zero attached hydrogens (tertiary/aromatic N) is 3. The van der Waals surface area contributed by atoms with E-state index in [9.17, 15) is 0 Å². The lowest BCUT2D eigenvalue weighted by molar-refractivity contribution is 0.333. The molecule has 2 aromatic carbocycles. The zero-order chi connectivity index (χ0) is 17.9. The second-order valence-electron chi connectivity index (χ2n) is 4.84. The van der Waals surface area contributed by atoms with Crippen molar-refractivity contribution in [3.8, 4) is 24.0 Å². The average molecular weight is 329 g/mol. The maximum absolute atomic E-state index is 9.14. The molecule has 2 rings (SSSR count). The van der Waals surface area contributed by atoms with Crippen molar-refractivity contribution in [1.29, 1.82) is 15.8 Å². The lowest BCUT2D eigenvalue weighted by Gasteiger charge is -2.13. The van der Waals surface area contributed by atoms with Gasteiger partial charge < -0.3 is 15.4 Å². The van der Waals surface area contributed by atoms with E-state index in [-0.39, 0.29) is 11.3 Å². The summed E-state index contributed by atoms with van der Waals surface area (Å²) in [6.45, 7) is 1.00. The van der Waals surface area contributed by atoms with E-state index in [1.165, 1.54) is 0 Å². The van der Waals surface area contributed by atoms with Crippen LogP contribution in [0.2, 0.25) is 0 Å². The van der Waals surface area contributed by atoms with Crippen LogP contribution in [0.25, 0.3) is 0 Å². The van der Waals surface area contributed by atoms with E-state index in [0.29, 0.717) is 18.8 Å². The first kappa shape index (κ1) is 17.4. The minimum atomic E-state index is -0.260. The van der Waals surface area contributed by atoms with Gasteiger partial charge >= 0.3 is 0 Å². The molecular formula is C19H15N5O. The van der Waals surface area contributed by atoms with Gasteiger partial charge in [0.05, 0.1) is 11.4 Å². The van der Waals surface area contributed by atoms with Crippen LogP contribution in [0.1, 0.15) is 0 Å². The Morgan fingerprint density at radius 3 is 2.12 bits per heavy atom. The second-order valence-corrected chi connectivity index (χ2v) is 4.84. The van der Waals surface area contributed by atoms with Gasteiger partial charge in [0, 0.05) is 6.54 Å². The summed E-state index contributed by atoms with van der Waals surface area (Å²) in [5, 5.41) is 33.0. The number of anilines is 2. The fraction of sp³-hybridized carbons (Fsp3) is 0.105. The summed E-state index contributed by atoms with van der Waals surface area (Å²) >= 11 is 0. The molecule has 6 heteroatoms. The molecule has 0 radical (unpaired) electrons. The predicted octanol–water partition coefficient (Wildman–Crippen LogP) is 3.41. The van der Waals surface area contributed by atoms with Crippen molar-refractivity contribution in [2.45, 2.75) is 0 Å². The van der Waals surface area contributed by atoms with Crippen molar-refractivity contribution >= 4 is 11.4 Å². The van der Waals surface area contributed by atoms with Crippen molar-refractivity contribution in [2.24, 2.45) is 0 Å². The molecule has 0 aliphatic rings. The summed E-state index contributed by atoms with van der Waals surface area (Å²) in [6.07, 6.45) is 0. The second kappa shape index (κ2) is 9.25. The highest BCUT2D eigenvalue weighted by Crippen LogP contribution is 2.23. The van der Waals surface area contributed by atoms with Crippen molar-refractivity contribution in [3.63, 3.8) is 0 Å². The van der Waals surface area contributed by atoms with Crippen LogP contribution in [0, 0.1) is 34.0 Å². The van der Waals surface area contributed by atoms with Gasteiger partial charge in [-0.05, 0) is 24.3 Å². The van der Waals surface area contributed by atoms with Gasteiger partial charge in [-0.15, -0.1) is 0 Å². The highest BCUT2D eigenvalue weighted by Gasteiger charge is 2.08. The number of hydrogen-bond acceptors (Lipinski definition) is 6. The highest BCUT2D eigenvalue weighted by atomic mass is 16.5. The van der Waals surface area contributed by atoms with Crippen LogP contribution in [-0.2, 0) is 0 Å². The zero-order valence-electron chi connectivity index (χ0n) is 13.4. The molecular weight excluding hydrogens is 314 g/mol. The molecule has 0 saturated heterocycles. The third kappa shape index (κ3) is 5.03. The molecule has 2 aromatic rings. The van der Waals surface area contributed by atoms with Crippen LogP contribution in [0.3, 0.4) is 0 Å². The molecule has 122 valence electrons. The molecule has 0 spiro atoms.